The van der Waals surface area contributed by atoms with E-state index in [0.717, 1.165) is 11.1 Å². The summed E-state index contributed by atoms with van der Waals surface area (Å²) in [5.74, 6) is 0.759. The fourth-order valence-electron chi connectivity index (χ4n) is 2.80. The molecule has 0 spiro atoms. The topological polar surface area (TPSA) is 93.4 Å². The van der Waals surface area contributed by atoms with Crippen LogP contribution >= 0.6 is 23.8 Å². The summed E-state index contributed by atoms with van der Waals surface area (Å²) in [6.45, 7) is 0.569. The average Bonchev–Trinajstić information content (AvgIpc) is 3.30. The van der Waals surface area contributed by atoms with Crippen LogP contribution in [0, 0.1) is 4.77 Å². The lowest BCUT2D eigenvalue weighted by molar-refractivity contribution is -0.116. The molecule has 1 amide bonds. The summed E-state index contributed by atoms with van der Waals surface area (Å²) in [4.78, 5) is 16.6. The van der Waals surface area contributed by atoms with Crippen LogP contribution in [0.1, 0.15) is 5.56 Å². The third kappa shape index (κ3) is 4.58. The Morgan fingerprint density at radius 3 is 2.79 bits per heavy atom. The highest BCUT2D eigenvalue weighted by Gasteiger charge is 2.13. The number of amides is 1. The second-order valence-corrected chi connectivity index (χ2v) is 7.08. The van der Waals surface area contributed by atoms with Crippen LogP contribution in [-0.2, 0) is 17.9 Å². The predicted octanol–water partition coefficient (Wildman–Crippen LogP) is 3.54. The van der Waals surface area contributed by atoms with Gasteiger partial charge in [-0.1, -0.05) is 17.7 Å². The summed E-state index contributed by atoms with van der Waals surface area (Å²) in [5.41, 5.74) is 1.82. The van der Waals surface area contributed by atoms with E-state index >= 15 is 0 Å². The van der Waals surface area contributed by atoms with Crippen LogP contribution in [0.2, 0.25) is 5.02 Å². The number of benzene rings is 1. The van der Waals surface area contributed by atoms with Crippen molar-refractivity contribution in [2.24, 2.45) is 0 Å². The van der Waals surface area contributed by atoms with Crippen LogP contribution in [0.5, 0.6) is 0 Å². The Hall–Kier alpha value is -3.30. The van der Waals surface area contributed by atoms with Gasteiger partial charge in [-0.2, -0.15) is 10.2 Å². The zero-order chi connectivity index (χ0) is 20.2. The number of H-pyrrole nitrogens is 1. The maximum Gasteiger partial charge on any atom is 0.245 e. The first-order valence-electron chi connectivity index (χ1n) is 8.72. The summed E-state index contributed by atoms with van der Waals surface area (Å²) in [7, 11) is 0. The largest absolute Gasteiger partial charge is 0.308 e. The molecule has 0 atom stereocenters. The second-order valence-electron chi connectivity index (χ2n) is 6.25. The Bertz CT molecular complexity index is 1180. The number of aromatic nitrogens is 6. The molecule has 8 nitrogen and oxygen atoms in total. The fourth-order valence-corrected chi connectivity index (χ4v) is 3.13. The van der Waals surface area contributed by atoms with Crippen molar-refractivity contribution in [2.75, 3.05) is 5.32 Å². The summed E-state index contributed by atoms with van der Waals surface area (Å²) in [5, 5.41) is 14.7. The number of hydrogen-bond donors (Lipinski definition) is 2. The number of nitrogens with zero attached hydrogens (tertiary/aromatic N) is 5. The molecule has 0 saturated heterocycles. The Labute approximate surface area is 176 Å². The first-order chi connectivity index (χ1) is 14.1. The molecule has 0 fully saturated rings. The van der Waals surface area contributed by atoms with Gasteiger partial charge in [0.25, 0.3) is 0 Å². The van der Waals surface area contributed by atoms with Crippen LogP contribution in [0.15, 0.2) is 61.1 Å². The lowest BCUT2D eigenvalue weighted by Crippen LogP contribution is -2.20. The van der Waals surface area contributed by atoms with E-state index in [2.05, 4.69) is 25.6 Å². The number of pyridine rings is 1. The van der Waals surface area contributed by atoms with Crippen molar-refractivity contribution in [2.45, 2.75) is 13.1 Å². The third-order valence-electron chi connectivity index (χ3n) is 4.14. The van der Waals surface area contributed by atoms with Gasteiger partial charge in [0.05, 0.1) is 6.54 Å². The fraction of sp³-hybridized carbons (Fsp3) is 0.105. The van der Waals surface area contributed by atoms with Crippen molar-refractivity contribution in [3.63, 3.8) is 0 Å². The number of carbonyl (C=O) groups is 1. The first kappa shape index (κ1) is 19.0. The van der Waals surface area contributed by atoms with Gasteiger partial charge >= 0.3 is 0 Å². The van der Waals surface area contributed by atoms with E-state index in [1.807, 2.05) is 24.3 Å². The minimum atomic E-state index is -0.260. The molecule has 1 aromatic carbocycles. The Morgan fingerprint density at radius 2 is 2.03 bits per heavy atom. The van der Waals surface area contributed by atoms with Crippen molar-refractivity contribution in [1.82, 2.24) is 29.5 Å². The molecule has 0 aliphatic rings. The molecule has 29 heavy (non-hydrogen) atoms. The number of hydrogen-bond acceptors (Lipinski definition) is 5. The zero-order valence-corrected chi connectivity index (χ0v) is 16.7. The molecule has 0 unspecified atom stereocenters. The maximum atomic E-state index is 12.5. The lowest BCUT2D eigenvalue weighted by atomic mass is 10.2. The van der Waals surface area contributed by atoms with Gasteiger partial charge in [-0.05, 0) is 48.1 Å². The lowest BCUT2D eigenvalue weighted by Gasteiger charge is -2.07. The van der Waals surface area contributed by atoms with Crippen LogP contribution in [-0.4, -0.2) is 35.4 Å². The number of anilines is 1. The molecule has 0 saturated carbocycles. The van der Waals surface area contributed by atoms with Crippen LogP contribution in [0.25, 0.3) is 11.4 Å². The molecule has 0 bridgehead atoms. The molecule has 0 aliphatic carbocycles. The number of rotatable bonds is 6. The standard InChI is InChI=1S/C19H16ClN7OS/c20-15-5-3-14(4-6-15)18-23-24-19(29)27(18)12-17(28)22-16-7-9-26(25-16)11-13-2-1-8-21-10-13/h1-10H,11-12H2,(H,24,29)(H,22,25,28). The molecular formula is C19H16ClN7OS. The van der Waals surface area contributed by atoms with Crippen molar-refractivity contribution < 1.29 is 4.79 Å². The predicted molar refractivity (Wildman–Crippen MR) is 112 cm³/mol. The van der Waals surface area contributed by atoms with Gasteiger partial charge in [0, 0.05) is 35.2 Å². The number of nitrogens with one attached hydrogen (secondary N) is 2. The molecular weight excluding hydrogens is 410 g/mol. The normalized spacial score (nSPS) is 10.8. The SMILES string of the molecule is O=C(Cn1c(-c2ccc(Cl)cc2)n[nH]c1=S)Nc1ccn(Cc2cccnc2)n1. The van der Waals surface area contributed by atoms with Gasteiger partial charge in [-0.3, -0.25) is 24.1 Å². The molecule has 3 heterocycles. The van der Waals surface area contributed by atoms with Crippen molar-refractivity contribution >= 4 is 35.5 Å². The van der Waals surface area contributed by atoms with Crippen LogP contribution in [0.4, 0.5) is 5.82 Å². The molecule has 3 aromatic heterocycles. The Morgan fingerprint density at radius 1 is 1.21 bits per heavy atom. The minimum absolute atomic E-state index is 0.00274. The van der Waals surface area contributed by atoms with Gasteiger partial charge < -0.3 is 5.32 Å². The van der Waals surface area contributed by atoms with Crippen molar-refractivity contribution in [3.8, 4) is 11.4 Å². The smallest absolute Gasteiger partial charge is 0.245 e. The van der Waals surface area contributed by atoms with Crippen molar-refractivity contribution in [1.29, 1.82) is 0 Å². The Balaban J connectivity index is 1.45. The van der Waals surface area contributed by atoms with Gasteiger partial charge in [0.15, 0.2) is 16.4 Å². The average molecular weight is 426 g/mol. The highest BCUT2D eigenvalue weighted by molar-refractivity contribution is 7.71. The maximum absolute atomic E-state index is 12.5. The van der Waals surface area contributed by atoms with Crippen molar-refractivity contribution in [3.05, 3.63) is 76.4 Å². The molecule has 4 rings (SSSR count). The monoisotopic (exact) mass is 425 g/mol. The van der Waals surface area contributed by atoms with E-state index < -0.39 is 0 Å². The zero-order valence-electron chi connectivity index (χ0n) is 15.1. The summed E-state index contributed by atoms with van der Waals surface area (Å²) in [6.07, 6.45) is 5.29. The van der Waals surface area contributed by atoms with E-state index in [4.69, 9.17) is 23.8 Å². The summed E-state index contributed by atoms with van der Waals surface area (Å²) < 4.78 is 3.71. The molecule has 4 aromatic rings. The molecule has 0 radical (unpaired) electrons. The number of halogens is 1. The molecule has 10 heteroatoms. The van der Waals surface area contributed by atoms with E-state index in [9.17, 15) is 4.79 Å². The van der Waals surface area contributed by atoms with E-state index in [1.54, 1.807) is 46.0 Å². The van der Waals surface area contributed by atoms with Gasteiger partial charge in [-0.25, -0.2) is 0 Å². The summed E-state index contributed by atoms with van der Waals surface area (Å²) >= 11 is 11.2. The first-order valence-corrected chi connectivity index (χ1v) is 9.50. The van der Waals surface area contributed by atoms with E-state index in [1.165, 1.54) is 0 Å². The number of aromatic amines is 1. The molecule has 2 N–H and O–H groups in total. The molecule has 0 aliphatic heterocycles. The van der Waals surface area contributed by atoms with Crippen LogP contribution in [0.3, 0.4) is 0 Å². The summed E-state index contributed by atoms with van der Waals surface area (Å²) in [6, 6.07) is 12.7. The van der Waals surface area contributed by atoms with Gasteiger partial charge in [0.2, 0.25) is 5.91 Å². The number of carbonyl (C=O) groups excluding carboxylic acids is 1. The van der Waals surface area contributed by atoms with E-state index in [0.29, 0.717) is 28.0 Å². The highest BCUT2D eigenvalue weighted by atomic mass is 35.5. The highest BCUT2D eigenvalue weighted by Crippen LogP contribution is 2.20. The molecule has 146 valence electrons. The van der Waals surface area contributed by atoms with Gasteiger partial charge in [0.1, 0.15) is 6.54 Å². The minimum Gasteiger partial charge on any atom is -0.308 e. The quantitative estimate of drug-likeness (QED) is 0.461. The van der Waals surface area contributed by atoms with Gasteiger partial charge in [-0.15, -0.1) is 0 Å². The second kappa shape index (κ2) is 8.38. The van der Waals surface area contributed by atoms with E-state index in [-0.39, 0.29) is 12.5 Å². The third-order valence-corrected chi connectivity index (χ3v) is 4.70. The Kier molecular flexibility index (Phi) is 5.50. The van der Waals surface area contributed by atoms with Crippen LogP contribution < -0.4 is 5.32 Å².